The van der Waals surface area contributed by atoms with Gasteiger partial charge >= 0.3 is 0 Å². The second-order valence-corrected chi connectivity index (χ2v) is 6.48. The van der Waals surface area contributed by atoms with Crippen LogP contribution in [0.1, 0.15) is 6.92 Å². The van der Waals surface area contributed by atoms with Crippen molar-refractivity contribution < 1.29 is 54.4 Å². The zero-order valence-electron chi connectivity index (χ0n) is 14.9. The number of hydrogen-bond donors (Lipinski definition) is 7. The maximum absolute atomic E-state index is 11.4. The number of aliphatic hydroxyl groups excluding tert-OH is 6. The lowest BCUT2D eigenvalue weighted by Gasteiger charge is -2.46. The number of aliphatic hydroxyl groups is 6. The second-order valence-electron chi connectivity index (χ2n) is 6.48. The molecule has 0 bridgehead atoms. The molecule has 7 N–H and O–H groups in total. The van der Waals surface area contributed by atoms with Gasteiger partial charge < -0.3 is 54.9 Å². The van der Waals surface area contributed by atoms with Gasteiger partial charge in [0, 0.05) is 14.0 Å². The minimum Gasteiger partial charge on any atom is -0.394 e. The van der Waals surface area contributed by atoms with Crippen LogP contribution in [-0.4, -0.2) is 118 Å². The number of carbonyl (C=O) groups is 1. The number of amides is 1. The van der Waals surface area contributed by atoms with Gasteiger partial charge in [-0.05, 0) is 0 Å². The normalized spacial score (nSPS) is 45.5. The van der Waals surface area contributed by atoms with E-state index in [1.165, 1.54) is 14.0 Å². The van der Waals surface area contributed by atoms with Gasteiger partial charge in [-0.3, -0.25) is 4.79 Å². The Balaban J connectivity index is 2.19. The molecule has 0 aromatic rings. The van der Waals surface area contributed by atoms with Gasteiger partial charge in [0.1, 0.15) is 48.8 Å². The second kappa shape index (κ2) is 9.52. The number of carbonyl (C=O) groups excluding carboxylic acids is 1. The van der Waals surface area contributed by atoms with E-state index < -0.39 is 80.5 Å². The molecule has 0 radical (unpaired) electrons. The molecule has 12 heteroatoms. The summed E-state index contributed by atoms with van der Waals surface area (Å²) in [6.07, 6.45) is -12.6. The van der Waals surface area contributed by atoms with E-state index in [0.717, 1.165) is 0 Å². The SMILES string of the molecule is CO[C@@H]1OC(CO)[C@@H](O[C@@H]2OC(CO)[C@H](O)C(O)[C@@H]2O)[C@H](O)C1NC(C)=O. The van der Waals surface area contributed by atoms with E-state index in [-0.39, 0.29) is 0 Å². The van der Waals surface area contributed by atoms with Crippen molar-refractivity contribution in [3.63, 3.8) is 0 Å². The zero-order chi connectivity index (χ0) is 20.3. The molecule has 2 saturated heterocycles. The highest BCUT2D eigenvalue weighted by Crippen LogP contribution is 2.29. The summed E-state index contributed by atoms with van der Waals surface area (Å²) in [7, 11) is 1.29. The molecule has 2 rings (SSSR count). The Morgan fingerprint density at radius 2 is 1.52 bits per heavy atom. The summed E-state index contributed by atoms with van der Waals surface area (Å²) in [5, 5.41) is 61.6. The Kier molecular flexibility index (Phi) is 7.88. The standard InChI is InChI=1S/C15H27NO11/c1-5(19)16-8-10(21)13(7(4-18)26-14(8)24-2)27-15-12(23)11(22)9(20)6(3-17)25-15/h6-15,17-18,20-23H,3-4H2,1-2H3,(H,16,19)/t6?,7?,8?,9-,10+,11?,12-,13+,14+,15-/m0/s1. The quantitative estimate of drug-likeness (QED) is 0.228. The van der Waals surface area contributed by atoms with Crippen LogP contribution in [-0.2, 0) is 23.7 Å². The largest absolute Gasteiger partial charge is 0.394 e. The number of nitrogens with one attached hydrogen (secondary N) is 1. The highest BCUT2D eigenvalue weighted by molar-refractivity contribution is 5.73. The Hall–Kier alpha value is -0.930. The van der Waals surface area contributed by atoms with Crippen LogP contribution in [0.3, 0.4) is 0 Å². The Morgan fingerprint density at radius 1 is 0.926 bits per heavy atom. The molecule has 2 aliphatic heterocycles. The molecular formula is C15H27NO11. The summed E-state index contributed by atoms with van der Waals surface area (Å²) in [5.74, 6) is -0.473. The van der Waals surface area contributed by atoms with E-state index in [1.54, 1.807) is 0 Å². The van der Waals surface area contributed by atoms with Crippen molar-refractivity contribution >= 4 is 5.91 Å². The summed E-state index contributed by atoms with van der Waals surface area (Å²) in [6, 6.07) is -1.05. The van der Waals surface area contributed by atoms with Crippen molar-refractivity contribution in [1.29, 1.82) is 0 Å². The van der Waals surface area contributed by atoms with Crippen molar-refractivity contribution in [1.82, 2.24) is 5.32 Å². The molecule has 158 valence electrons. The van der Waals surface area contributed by atoms with Crippen molar-refractivity contribution in [3.8, 4) is 0 Å². The van der Waals surface area contributed by atoms with Crippen LogP contribution in [0.4, 0.5) is 0 Å². The van der Waals surface area contributed by atoms with E-state index in [0.29, 0.717) is 0 Å². The fraction of sp³-hybridized carbons (Fsp3) is 0.933. The summed E-state index contributed by atoms with van der Waals surface area (Å²) >= 11 is 0. The molecular weight excluding hydrogens is 370 g/mol. The summed E-state index contributed by atoms with van der Waals surface area (Å²) < 4.78 is 21.3. The smallest absolute Gasteiger partial charge is 0.217 e. The maximum Gasteiger partial charge on any atom is 0.217 e. The first-order chi connectivity index (χ1) is 12.7. The van der Waals surface area contributed by atoms with Crippen LogP contribution in [0.2, 0.25) is 0 Å². The van der Waals surface area contributed by atoms with Crippen LogP contribution in [0.15, 0.2) is 0 Å². The molecule has 27 heavy (non-hydrogen) atoms. The van der Waals surface area contributed by atoms with Gasteiger partial charge in [0.05, 0.1) is 13.2 Å². The molecule has 2 fully saturated rings. The van der Waals surface area contributed by atoms with Crippen LogP contribution < -0.4 is 5.32 Å². The fourth-order valence-electron chi connectivity index (χ4n) is 3.16. The van der Waals surface area contributed by atoms with Gasteiger partial charge in [0.25, 0.3) is 0 Å². The summed E-state index contributed by atoms with van der Waals surface area (Å²) in [4.78, 5) is 11.4. The van der Waals surface area contributed by atoms with Gasteiger partial charge in [-0.2, -0.15) is 0 Å². The topological polar surface area (TPSA) is 187 Å². The van der Waals surface area contributed by atoms with Crippen LogP contribution in [0.25, 0.3) is 0 Å². The van der Waals surface area contributed by atoms with Crippen molar-refractivity contribution in [2.45, 2.75) is 68.3 Å². The first-order valence-corrected chi connectivity index (χ1v) is 8.45. The third kappa shape index (κ3) is 4.74. The first-order valence-electron chi connectivity index (χ1n) is 8.45. The molecule has 12 nitrogen and oxygen atoms in total. The minimum atomic E-state index is -1.70. The minimum absolute atomic E-state index is 0.473. The van der Waals surface area contributed by atoms with E-state index in [9.17, 15) is 35.4 Å². The average Bonchev–Trinajstić information content (AvgIpc) is 2.64. The van der Waals surface area contributed by atoms with E-state index in [2.05, 4.69) is 5.32 Å². The highest BCUT2D eigenvalue weighted by atomic mass is 16.7. The van der Waals surface area contributed by atoms with Crippen LogP contribution in [0, 0.1) is 0 Å². The van der Waals surface area contributed by atoms with E-state index in [4.69, 9.17) is 18.9 Å². The van der Waals surface area contributed by atoms with Gasteiger partial charge in [-0.15, -0.1) is 0 Å². The number of methoxy groups -OCH3 is 1. The highest BCUT2D eigenvalue weighted by Gasteiger charge is 2.51. The lowest BCUT2D eigenvalue weighted by molar-refractivity contribution is -0.346. The maximum atomic E-state index is 11.4. The van der Waals surface area contributed by atoms with Gasteiger partial charge in [0.2, 0.25) is 5.91 Å². The van der Waals surface area contributed by atoms with E-state index >= 15 is 0 Å². The Labute approximate surface area is 155 Å². The monoisotopic (exact) mass is 397 g/mol. The first kappa shape index (κ1) is 22.4. The number of hydrogen-bond acceptors (Lipinski definition) is 11. The van der Waals surface area contributed by atoms with Crippen molar-refractivity contribution in [2.24, 2.45) is 0 Å². The van der Waals surface area contributed by atoms with Gasteiger partial charge in [-0.25, -0.2) is 0 Å². The molecule has 4 unspecified atom stereocenters. The molecule has 2 heterocycles. The lowest BCUT2D eigenvalue weighted by atomic mass is 9.95. The Morgan fingerprint density at radius 3 is 2.04 bits per heavy atom. The third-order valence-electron chi connectivity index (χ3n) is 4.59. The lowest BCUT2D eigenvalue weighted by Crippen LogP contribution is -2.67. The van der Waals surface area contributed by atoms with Gasteiger partial charge in [-0.1, -0.05) is 0 Å². The van der Waals surface area contributed by atoms with Crippen LogP contribution >= 0.6 is 0 Å². The average molecular weight is 397 g/mol. The fourth-order valence-corrected chi connectivity index (χ4v) is 3.16. The van der Waals surface area contributed by atoms with Crippen LogP contribution in [0.5, 0.6) is 0 Å². The predicted octanol–water partition coefficient (Wildman–Crippen LogP) is -4.60. The third-order valence-corrected chi connectivity index (χ3v) is 4.59. The Bertz CT molecular complexity index is 492. The summed E-state index contributed by atoms with van der Waals surface area (Å²) in [6.45, 7) is -0.0188. The molecule has 10 atom stereocenters. The molecule has 1 amide bonds. The predicted molar refractivity (Wildman–Crippen MR) is 85.0 cm³/mol. The summed E-state index contributed by atoms with van der Waals surface area (Å²) in [5.41, 5.74) is 0. The molecule has 0 saturated carbocycles. The number of ether oxygens (including phenoxy) is 4. The van der Waals surface area contributed by atoms with E-state index in [1.807, 2.05) is 0 Å². The molecule has 0 aromatic carbocycles. The molecule has 2 aliphatic rings. The van der Waals surface area contributed by atoms with Gasteiger partial charge in [0.15, 0.2) is 12.6 Å². The zero-order valence-corrected chi connectivity index (χ0v) is 14.9. The van der Waals surface area contributed by atoms with Crippen molar-refractivity contribution in [2.75, 3.05) is 20.3 Å². The molecule has 0 spiro atoms. The number of rotatable bonds is 6. The van der Waals surface area contributed by atoms with Crippen molar-refractivity contribution in [3.05, 3.63) is 0 Å². The molecule has 0 aliphatic carbocycles. The molecule has 0 aromatic heterocycles.